The van der Waals surface area contributed by atoms with Crippen molar-refractivity contribution in [2.24, 2.45) is 5.28 Å². The van der Waals surface area contributed by atoms with Crippen LogP contribution in [0.2, 0.25) is 0 Å². The molecule has 0 heterocycles. The van der Waals surface area contributed by atoms with Crippen molar-refractivity contribution in [2.45, 2.75) is 38.1 Å². The van der Waals surface area contributed by atoms with Gasteiger partial charge in [0, 0.05) is 12.8 Å². The molecule has 1 aliphatic rings. The van der Waals surface area contributed by atoms with Crippen LogP contribution in [0.5, 0.6) is 0 Å². The van der Waals surface area contributed by atoms with Crippen LogP contribution in [0.15, 0.2) is 5.28 Å². The number of hydrogen-bond acceptors (Lipinski definition) is 2. The first kappa shape index (κ1) is 11.8. The van der Waals surface area contributed by atoms with E-state index >= 15 is 0 Å². The summed E-state index contributed by atoms with van der Waals surface area (Å²) in [5.41, 5.74) is 0. The summed E-state index contributed by atoms with van der Waals surface area (Å²) in [5, 5.41) is 21.4. The Hall–Kier alpha value is 0.836. The summed E-state index contributed by atoms with van der Waals surface area (Å²) in [6.07, 6.45) is 5.11. The van der Waals surface area contributed by atoms with Crippen LogP contribution in [-0.4, -0.2) is 16.1 Å². The molecule has 0 aromatic rings. The maximum atomic E-state index is 10.7. The second-order valence-electron chi connectivity index (χ2n) is 2.68. The molecule has 4 nitrogen and oxygen atoms in total. The van der Waals surface area contributed by atoms with E-state index in [9.17, 15) is 5.21 Å². The van der Waals surface area contributed by atoms with Crippen molar-refractivity contribution in [3.63, 3.8) is 0 Å². The molecule has 0 aromatic heterocycles. The maximum Gasteiger partial charge on any atom is 1.00 e. The minimum Gasteiger partial charge on any atom is -1.00 e. The van der Waals surface area contributed by atoms with Gasteiger partial charge in [-0.3, -0.25) is 0 Å². The molecule has 0 aliphatic heterocycles. The molecule has 0 aromatic carbocycles. The Bertz CT molecular complexity index is 140. The molecule has 1 N–H and O–H groups in total. The zero-order valence-electron chi connectivity index (χ0n) is 7.86. The molecule has 0 bridgehead atoms. The molecule has 11 heavy (non-hydrogen) atoms. The van der Waals surface area contributed by atoms with Crippen LogP contribution in [0.3, 0.4) is 0 Å². The molecule has 1 rings (SSSR count). The Kier molecular flexibility index (Phi) is 6.85. The van der Waals surface area contributed by atoms with E-state index < -0.39 is 0 Å². The molecule has 1 saturated carbocycles. The van der Waals surface area contributed by atoms with Crippen LogP contribution in [-0.2, 0) is 0 Å². The molecular formula is C6H13KN2O2. The molecule has 0 spiro atoms. The average molecular weight is 184 g/mol. The van der Waals surface area contributed by atoms with Gasteiger partial charge in [-0.25, -0.2) is 0 Å². The van der Waals surface area contributed by atoms with Gasteiger partial charge in [0.25, 0.3) is 0 Å². The summed E-state index contributed by atoms with van der Waals surface area (Å²) < 4.78 is 0. The Morgan fingerprint density at radius 3 is 2.36 bits per heavy atom. The molecule has 60 valence electrons. The third kappa shape index (κ3) is 3.84. The normalized spacial score (nSPS) is 20.9. The molecular weight excluding hydrogens is 171 g/mol. The van der Waals surface area contributed by atoms with E-state index in [1.54, 1.807) is 0 Å². The molecule has 1 aliphatic carbocycles. The first-order valence-corrected chi connectivity index (χ1v) is 3.66. The maximum absolute atomic E-state index is 10.7. The number of hydrogen-bond donors (Lipinski definition) is 1. The van der Waals surface area contributed by atoms with Gasteiger partial charge in [-0.2, -0.15) is 0 Å². The zero-order valence-corrected chi connectivity index (χ0v) is 9.99. The number of rotatable bonds is 1. The standard InChI is InChI=1S/C6H12N2O2.K.H/c9-7-8(10)6-4-2-1-3-5-6;;/h6,9H,1-5H2;;/q;+1;-1. The largest absolute Gasteiger partial charge is 1.00 e. The van der Waals surface area contributed by atoms with Crippen molar-refractivity contribution in [1.29, 1.82) is 0 Å². The first-order valence-electron chi connectivity index (χ1n) is 3.66. The third-order valence-corrected chi connectivity index (χ3v) is 1.98. The third-order valence-electron chi connectivity index (χ3n) is 1.98. The van der Waals surface area contributed by atoms with Gasteiger partial charge in [0.15, 0.2) is 11.3 Å². The van der Waals surface area contributed by atoms with E-state index in [1.807, 2.05) is 0 Å². The zero-order chi connectivity index (χ0) is 7.40. The van der Waals surface area contributed by atoms with Crippen molar-refractivity contribution in [2.75, 3.05) is 0 Å². The van der Waals surface area contributed by atoms with Crippen molar-refractivity contribution in [1.82, 2.24) is 0 Å². The minimum atomic E-state index is -0.0706. The van der Waals surface area contributed by atoms with Crippen molar-refractivity contribution < 1.29 is 62.9 Å². The predicted octanol–water partition coefficient (Wildman–Crippen LogP) is -1.21. The molecule has 1 fully saturated rings. The number of hydroxylamine groups is 1. The van der Waals surface area contributed by atoms with Gasteiger partial charge in [-0.1, -0.05) is 11.3 Å². The van der Waals surface area contributed by atoms with Gasteiger partial charge in [0.2, 0.25) is 0 Å². The van der Waals surface area contributed by atoms with Crippen LogP contribution in [0, 0.1) is 5.21 Å². The fourth-order valence-corrected chi connectivity index (χ4v) is 1.37. The molecule has 0 saturated heterocycles. The molecule has 0 atom stereocenters. The molecule has 0 unspecified atom stereocenters. The van der Waals surface area contributed by atoms with Crippen molar-refractivity contribution >= 4 is 0 Å². The monoisotopic (exact) mass is 184 g/mol. The van der Waals surface area contributed by atoms with E-state index in [4.69, 9.17) is 5.21 Å². The van der Waals surface area contributed by atoms with Gasteiger partial charge in [0.1, 0.15) is 0 Å². The molecule has 0 amide bonds. The second-order valence-corrected chi connectivity index (χ2v) is 2.68. The van der Waals surface area contributed by atoms with Crippen LogP contribution < -0.4 is 51.4 Å². The van der Waals surface area contributed by atoms with Gasteiger partial charge >= 0.3 is 51.4 Å². The van der Waals surface area contributed by atoms with E-state index in [1.165, 1.54) is 6.42 Å². The van der Waals surface area contributed by atoms with Gasteiger partial charge in [-0.15, -0.1) is 0 Å². The quantitative estimate of drug-likeness (QED) is 0.240. The Morgan fingerprint density at radius 1 is 1.36 bits per heavy atom. The number of nitrogens with zero attached hydrogens (tertiary/aromatic N) is 2. The minimum absolute atomic E-state index is 0. The fraction of sp³-hybridized carbons (Fsp3) is 1.00. The Balaban J connectivity index is 0. The summed E-state index contributed by atoms with van der Waals surface area (Å²) in [6, 6.07) is -0.0706. The predicted molar refractivity (Wildman–Crippen MR) is 35.8 cm³/mol. The van der Waals surface area contributed by atoms with Crippen LogP contribution in [0.1, 0.15) is 33.5 Å². The van der Waals surface area contributed by atoms with Crippen molar-refractivity contribution in [3.8, 4) is 0 Å². The summed E-state index contributed by atoms with van der Waals surface area (Å²) in [7, 11) is 0. The van der Waals surface area contributed by atoms with Crippen molar-refractivity contribution in [3.05, 3.63) is 5.21 Å². The summed E-state index contributed by atoms with van der Waals surface area (Å²) in [4.78, 5) is 0.416. The summed E-state index contributed by atoms with van der Waals surface area (Å²) >= 11 is 0. The first-order chi connectivity index (χ1) is 4.84. The second kappa shape index (κ2) is 6.36. The smallest absolute Gasteiger partial charge is 1.00 e. The van der Waals surface area contributed by atoms with Gasteiger partial charge in [0.05, 0.1) is 0 Å². The van der Waals surface area contributed by atoms with E-state index in [2.05, 4.69) is 5.28 Å². The van der Waals surface area contributed by atoms with Crippen LogP contribution in [0.4, 0.5) is 0 Å². The SMILES string of the molecule is [H-].[K+].[O-][N+](=NO)C1CCCCC1. The topological polar surface area (TPSA) is 58.7 Å². The van der Waals surface area contributed by atoms with Crippen LogP contribution >= 0.6 is 0 Å². The van der Waals surface area contributed by atoms with E-state index in [-0.39, 0.29) is 58.9 Å². The summed E-state index contributed by atoms with van der Waals surface area (Å²) in [5.74, 6) is 0. The van der Waals surface area contributed by atoms with E-state index in [0.29, 0.717) is 4.86 Å². The Morgan fingerprint density at radius 2 is 1.91 bits per heavy atom. The van der Waals surface area contributed by atoms with Gasteiger partial charge < -0.3 is 11.8 Å². The fourth-order valence-electron chi connectivity index (χ4n) is 1.37. The van der Waals surface area contributed by atoms with Crippen LogP contribution in [0.25, 0.3) is 0 Å². The Labute approximate surface area is 110 Å². The average Bonchev–Trinajstić information content (AvgIpc) is 2.05. The van der Waals surface area contributed by atoms with Gasteiger partial charge in [-0.05, 0) is 12.8 Å². The summed E-state index contributed by atoms with van der Waals surface area (Å²) in [6.45, 7) is 0. The van der Waals surface area contributed by atoms with E-state index in [0.717, 1.165) is 25.7 Å². The molecule has 5 heteroatoms. The molecule has 0 radical (unpaired) electrons.